The Morgan fingerprint density at radius 3 is 2.27 bits per heavy atom. The molecule has 30 heavy (non-hydrogen) atoms. The molecule has 160 valence electrons. The van der Waals surface area contributed by atoms with Crippen LogP contribution in [-0.2, 0) is 14.3 Å². The first kappa shape index (κ1) is 21.6. The van der Waals surface area contributed by atoms with Crippen LogP contribution >= 0.6 is 0 Å². The molecule has 7 nitrogen and oxygen atoms in total. The summed E-state index contributed by atoms with van der Waals surface area (Å²) in [7, 11) is 4.62. The molecule has 0 spiro atoms. The number of hydrogen-bond donors (Lipinski definition) is 1. The predicted octanol–water partition coefficient (Wildman–Crippen LogP) is 3.27. The van der Waals surface area contributed by atoms with E-state index < -0.39 is 0 Å². The van der Waals surface area contributed by atoms with Gasteiger partial charge in [-0.1, -0.05) is 30.3 Å². The molecule has 1 aliphatic heterocycles. The molecule has 2 unspecified atom stereocenters. The molecule has 2 aromatic rings. The highest BCUT2D eigenvalue weighted by molar-refractivity contribution is 5.93. The predicted molar refractivity (Wildman–Crippen MR) is 114 cm³/mol. The zero-order valence-corrected chi connectivity index (χ0v) is 17.6. The van der Waals surface area contributed by atoms with Crippen LogP contribution in [-0.4, -0.2) is 51.2 Å². The minimum Gasteiger partial charge on any atom is -0.497 e. The molecule has 0 aliphatic carbocycles. The van der Waals surface area contributed by atoms with E-state index in [-0.39, 0.29) is 30.4 Å². The van der Waals surface area contributed by atoms with Crippen molar-refractivity contribution in [3.63, 3.8) is 0 Å². The highest BCUT2D eigenvalue weighted by atomic mass is 16.5. The maximum Gasteiger partial charge on any atom is 0.249 e. The summed E-state index contributed by atoms with van der Waals surface area (Å²) in [6.07, 6.45) is 1.39. The molecule has 1 saturated heterocycles. The Morgan fingerprint density at radius 2 is 1.67 bits per heavy atom. The maximum absolute atomic E-state index is 13.0. The summed E-state index contributed by atoms with van der Waals surface area (Å²) in [6, 6.07) is 15.1. The van der Waals surface area contributed by atoms with Crippen molar-refractivity contribution in [1.29, 1.82) is 0 Å². The van der Waals surface area contributed by atoms with Crippen molar-refractivity contribution >= 4 is 17.5 Å². The maximum atomic E-state index is 13.0. The first-order valence-electron chi connectivity index (χ1n) is 9.93. The Balaban J connectivity index is 1.75. The lowest BCUT2D eigenvalue weighted by Gasteiger charge is -2.39. The highest BCUT2D eigenvalue weighted by Crippen LogP contribution is 2.34. The SMILES string of the molecule is COCC(=O)N1CC(C(=O)Nc2cc(OC)cc(OC)c2)CCC1c1ccccc1. The van der Waals surface area contributed by atoms with Gasteiger partial charge in [0.05, 0.1) is 26.2 Å². The molecular formula is C23H28N2O5. The number of anilines is 1. The normalized spacial score (nSPS) is 18.6. The second-order valence-electron chi connectivity index (χ2n) is 7.27. The van der Waals surface area contributed by atoms with Gasteiger partial charge in [0, 0.05) is 37.5 Å². The number of rotatable bonds is 7. The van der Waals surface area contributed by atoms with Gasteiger partial charge in [-0.15, -0.1) is 0 Å². The Morgan fingerprint density at radius 1 is 1.00 bits per heavy atom. The van der Waals surface area contributed by atoms with Crippen molar-refractivity contribution < 1.29 is 23.8 Å². The third-order valence-corrected chi connectivity index (χ3v) is 5.34. The lowest BCUT2D eigenvalue weighted by atomic mass is 9.88. The average Bonchev–Trinajstić information content (AvgIpc) is 2.79. The molecule has 1 N–H and O–H groups in total. The van der Waals surface area contributed by atoms with Gasteiger partial charge in [-0.3, -0.25) is 9.59 Å². The first-order valence-corrected chi connectivity index (χ1v) is 9.93. The number of ether oxygens (including phenoxy) is 3. The van der Waals surface area contributed by atoms with Crippen LogP contribution in [0.2, 0.25) is 0 Å². The van der Waals surface area contributed by atoms with Crippen molar-refractivity contribution in [3.8, 4) is 11.5 Å². The monoisotopic (exact) mass is 412 g/mol. The molecule has 2 amide bonds. The summed E-state index contributed by atoms with van der Waals surface area (Å²) in [5, 5.41) is 2.94. The van der Waals surface area contributed by atoms with Crippen LogP contribution in [0.3, 0.4) is 0 Å². The molecular weight excluding hydrogens is 384 g/mol. The number of benzene rings is 2. The Labute approximate surface area is 176 Å². The molecule has 3 rings (SSSR count). The van der Waals surface area contributed by atoms with E-state index >= 15 is 0 Å². The quantitative estimate of drug-likeness (QED) is 0.755. The van der Waals surface area contributed by atoms with Crippen LogP contribution in [0.25, 0.3) is 0 Å². The second kappa shape index (κ2) is 10.1. The fourth-order valence-electron chi connectivity index (χ4n) is 3.81. The average molecular weight is 412 g/mol. The molecule has 1 fully saturated rings. The van der Waals surface area contributed by atoms with E-state index in [1.807, 2.05) is 30.3 Å². The first-order chi connectivity index (χ1) is 14.5. The lowest BCUT2D eigenvalue weighted by Crippen LogP contribution is -2.46. The number of hydrogen-bond acceptors (Lipinski definition) is 5. The molecule has 7 heteroatoms. The van der Waals surface area contributed by atoms with Gasteiger partial charge in [0.25, 0.3) is 0 Å². The molecule has 1 aliphatic rings. The van der Waals surface area contributed by atoms with E-state index in [1.165, 1.54) is 7.11 Å². The Hall–Kier alpha value is -3.06. The minimum absolute atomic E-state index is 0.00917. The van der Waals surface area contributed by atoms with E-state index in [0.717, 1.165) is 5.56 Å². The zero-order chi connectivity index (χ0) is 21.5. The van der Waals surface area contributed by atoms with E-state index in [9.17, 15) is 9.59 Å². The molecule has 2 atom stereocenters. The topological polar surface area (TPSA) is 77.1 Å². The van der Waals surface area contributed by atoms with Crippen molar-refractivity contribution in [2.24, 2.45) is 5.92 Å². The van der Waals surface area contributed by atoms with Gasteiger partial charge >= 0.3 is 0 Å². The van der Waals surface area contributed by atoms with Gasteiger partial charge < -0.3 is 24.4 Å². The number of piperidine rings is 1. The third kappa shape index (κ3) is 5.10. The van der Waals surface area contributed by atoms with E-state index in [4.69, 9.17) is 14.2 Å². The smallest absolute Gasteiger partial charge is 0.249 e. The number of carbonyl (C=O) groups is 2. The molecule has 0 aromatic heterocycles. The van der Waals surface area contributed by atoms with Gasteiger partial charge in [0.2, 0.25) is 11.8 Å². The fraction of sp³-hybridized carbons (Fsp3) is 0.391. The molecule has 0 radical (unpaired) electrons. The van der Waals surface area contributed by atoms with Crippen LogP contribution in [0, 0.1) is 5.92 Å². The summed E-state index contributed by atoms with van der Waals surface area (Å²) in [5.41, 5.74) is 1.66. The number of likely N-dealkylation sites (tertiary alicyclic amines) is 1. The van der Waals surface area contributed by atoms with Gasteiger partial charge in [0.1, 0.15) is 18.1 Å². The fourth-order valence-corrected chi connectivity index (χ4v) is 3.81. The summed E-state index contributed by atoms with van der Waals surface area (Å²) in [4.78, 5) is 27.4. The van der Waals surface area contributed by atoms with Gasteiger partial charge in [0.15, 0.2) is 0 Å². The van der Waals surface area contributed by atoms with Crippen molar-refractivity contribution in [2.75, 3.05) is 39.8 Å². The van der Waals surface area contributed by atoms with E-state index in [0.29, 0.717) is 36.6 Å². The summed E-state index contributed by atoms with van der Waals surface area (Å²) >= 11 is 0. The summed E-state index contributed by atoms with van der Waals surface area (Å²) in [5.74, 6) is 0.616. The summed E-state index contributed by atoms with van der Waals surface area (Å²) < 4.78 is 15.6. The zero-order valence-electron chi connectivity index (χ0n) is 17.6. The number of nitrogens with one attached hydrogen (secondary N) is 1. The van der Waals surface area contributed by atoms with Gasteiger partial charge in [-0.05, 0) is 18.4 Å². The van der Waals surface area contributed by atoms with Gasteiger partial charge in [-0.25, -0.2) is 0 Å². The number of carbonyl (C=O) groups excluding carboxylic acids is 2. The number of amides is 2. The van der Waals surface area contributed by atoms with Gasteiger partial charge in [-0.2, -0.15) is 0 Å². The van der Waals surface area contributed by atoms with E-state index in [2.05, 4.69) is 5.32 Å². The third-order valence-electron chi connectivity index (χ3n) is 5.34. The van der Waals surface area contributed by atoms with Crippen LogP contribution < -0.4 is 14.8 Å². The Kier molecular flexibility index (Phi) is 7.30. The summed E-state index contributed by atoms with van der Waals surface area (Å²) in [6.45, 7) is 0.333. The van der Waals surface area contributed by atoms with Crippen molar-refractivity contribution in [2.45, 2.75) is 18.9 Å². The number of nitrogens with zero attached hydrogens (tertiary/aromatic N) is 1. The van der Waals surface area contributed by atoms with Crippen LogP contribution in [0.5, 0.6) is 11.5 Å². The highest BCUT2D eigenvalue weighted by Gasteiger charge is 2.35. The van der Waals surface area contributed by atoms with Crippen molar-refractivity contribution in [1.82, 2.24) is 4.90 Å². The van der Waals surface area contributed by atoms with Crippen LogP contribution in [0.15, 0.2) is 48.5 Å². The van der Waals surface area contributed by atoms with E-state index in [1.54, 1.807) is 37.3 Å². The molecule has 2 aromatic carbocycles. The minimum atomic E-state index is -0.317. The Bertz CT molecular complexity index is 849. The van der Waals surface area contributed by atoms with Crippen LogP contribution in [0.4, 0.5) is 5.69 Å². The molecule has 0 saturated carbocycles. The van der Waals surface area contributed by atoms with Crippen LogP contribution in [0.1, 0.15) is 24.4 Å². The second-order valence-corrected chi connectivity index (χ2v) is 7.27. The number of methoxy groups -OCH3 is 3. The largest absolute Gasteiger partial charge is 0.497 e. The lowest BCUT2D eigenvalue weighted by molar-refractivity contribution is -0.141. The molecule has 0 bridgehead atoms. The van der Waals surface area contributed by atoms with Crippen molar-refractivity contribution in [3.05, 3.63) is 54.1 Å². The standard InChI is InChI=1S/C23H28N2O5/c1-28-15-22(26)25-14-17(9-10-21(25)16-7-5-4-6-8-16)23(27)24-18-11-19(29-2)13-20(12-18)30-3/h4-8,11-13,17,21H,9-10,14-15H2,1-3H3,(H,24,27). The molecule has 1 heterocycles.